The average molecular weight is 323 g/mol. The number of urea groups is 1. The third-order valence-corrected chi connectivity index (χ3v) is 5.27. The normalized spacial score (nSPS) is 12.1. The van der Waals surface area contributed by atoms with Crippen LogP contribution < -0.4 is 5.32 Å². The molecule has 0 aliphatic rings. The van der Waals surface area contributed by atoms with E-state index in [9.17, 15) is 4.79 Å². The van der Waals surface area contributed by atoms with Gasteiger partial charge in [0.05, 0.1) is 6.04 Å². The molecular weight excluding hydrogens is 302 g/mol. The zero-order valence-corrected chi connectivity index (χ0v) is 14.3. The van der Waals surface area contributed by atoms with E-state index in [-0.39, 0.29) is 12.1 Å². The molecule has 4 nitrogen and oxygen atoms in total. The van der Waals surface area contributed by atoms with Crippen molar-refractivity contribution in [1.82, 2.24) is 15.2 Å². The van der Waals surface area contributed by atoms with Gasteiger partial charge in [0.15, 0.2) is 0 Å². The van der Waals surface area contributed by atoms with E-state index in [0.29, 0.717) is 0 Å². The molecule has 0 aliphatic carbocycles. The number of nitrogens with one attached hydrogen (secondary N) is 1. The lowest BCUT2D eigenvalue weighted by molar-refractivity contribution is 0.205. The molecule has 0 aromatic carbocycles. The quantitative estimate of drug-likeness (QED) is 0.877. The monoisotopic (exact) mass is 323 g/mol. The number of thiazole rings is 1. The fourth-order valence-corrected chi connectivity index (χ4v) is 3.59. The Kier molecular flexibility index (Phi) is 5.76. The van der Waals surface area contributed by atoms with Crippen molar-refractivity contribution in [3.63, 3.8) is 0 Å². The van der Waals surface area contributed by atoms with Gasteiger partial charge >= 0.3 is 6.03 Å². The molecule has 1 N–H and O–H groups in total. The molecule has 0 saturated heterocycles. The lowest BCUT2D eigenvalue weighted by atomic mass is 10.2. The minimum absolute atomic E-state index is 0.000359. The van der Waals surface area contributed by atoms with Gasteiger partial charge in [-0.3, -0.25) is 0 Å². The Morgan fingerprint density at radius 3 is 2.86 bits per heavy atom. The molecular formula is C15H21N3OS2. The van der Waals surface area contributed by atoms with Crippen LogP contribution >= 0.6 is 22.7 Å². The van der Waals surface area contributed by atoms with Crippen LogP contribution in [0.3, 0.4) is 0 Å². The molecule has 0 spiro atoms. The Morgan fingerprint density at radius 1 is 1.48 bits per heavy atom. The number of carbonyl (C=O) groups is 1. The highest BCUT2D eigenvalue weighted by Gasteiger charge is 2.18. The minimum atomic E-state index is -0.0359. The van der Waals surface area contributed by atoms with E-state index in [1.807, 2.05) is 25.4 Å². The Bertz CT molecular complexity index is 565. The van der Waals surface area contributed by atoms with Crippen LogP contribution in [0.4, 0.5) is 4.79 Å². The van der Waals surface area contributed by atoms with Gasteiger partial charge in [-0.05, 0) is 31.2 Å². The van der Waals surface area contributed by atoms with Gasteiger partial charge in [-0.15, -0.1) is 22.7 Å². The molecule has 0 fully saturated rings. The highest BCUT2D eigenvalue weighted by molar-refractivity contribution is 7.10. The number of likely N-dealkylation sites (N-methyl/N-ethyl adjacent to an activating group) is 1. The maximum Gasteiger partial charge on any atom is 0.317 e. The van der Waals surface area contributed by atoms with E-state index < -0.39 is 0 Å². The van der Waals surface area contributed by atoms with Crippen molar-refractivity contribution in [1.29, 1.82) is 0 Å². The van der Waals surface area contributed by atoms with Crippen molar-refractivity contribution < 1.29 is 4.79 Å². The van der Waals surface area contributed by atoms with E-state index >= 15 is 0 Å². The van der Waals surface area contributed by atoms with Gasteiger partial charge in [0.2, 0.25) is 0 Å². The molecule has 21 heavy (non-hydrogen) atoms. The molecule has 0 aliphatic heterocycles. The molecule has 1 atom stereocenters. The number of amides is 2. The van der Waals surface area contributed by atoms with Crippen molar-refractivity contribution in [3.05, 3.63) is 38.5 Å². The van der Waals surface area contributed by atoms with Gasteiger partial charge < -0.3 is 10.2 Å². The molecule has 0 saturated carbocycles. The van der Waals surface area contributed by atoms with Crippen molar-refractivity contribution in [2.75, 3.05) is 13.6 Å². The first kappa shape index (κ1) is 16.0. The Labute approximate surface area is 133 Å². The summed E-state index contributed by atoms with van der Waals surface area (Å²) < 4.78 is 0. The van der Waals surface area contributed by atoms with Crippen molar-refractivity contribution >= 4 is 28.7 Å². The van der Waals surface area contributed by atoms with Crippen LogP contribution in [0.1, 0.15) is 35.0 Å². The Hall–Kier alpha value is -1.40. The first-order valence-corrected chi connectivity index (χ1v) is 8.82. The number of nitrogens with zero attached hydrogens (tertiary/aromatic N) is 2. The fourth-order valence-electron chi connectivity index (χ4n) is 1.96. The second kappa shape index (κ2) is 7.56. The summed E-state index contributed by atoms with van der Waals surface area (Å²) in [6.07, 6.45) is 1.74. The Morgan fingerprint density at radius 2 is 2.29 bits per heavy atom. The highest BCUT2D eigenvalue weighted by Crippen LogP contribution is 2.21. The second-order valence-electron chi connectivity index (χ2n) is 4.99. The third kappa shape index (κ3) is 4.54. The van der Waals surface area contributed by atoms with Crippen LogP contribution in [0.15, 0.2) is 22.9 Å². The SMILES string of the molecule is CC[C@@H](NC(=O)N(C)CCc1cccs1)c1nc(C)cs1. The molecule has 2 rings (SSSR count). The maximum atomic E-state index is 12.2. The van der Waals surface area contributed by atoms with Crippen LogP contribution in [0.2, 0.25) is 0 Å². The van der Waals surface area contributed by atoms with Crippen LogP contribution in [0.25, 0.3) is 0 Å². The predicted octanol–water partition coefficient (Wildman–Crippen LogP) is 3.85. The summed E-state index contributed by atoms with van der Waals surface area (Å²) in [5.74, 6) is 0. The summed E-state index contributed by atoms with van der Waals surface area (Å²) in [5.41, 5.74) is 1.01. The fraction of sp³-hybridized carbons (Fsp3) is 0.467. The smallest absolute Gasteiger partial charge is 0.317 e. The molecule has 6 heteroatoms. The second-order valence-corrected chi connectivity index (χ2v) is 6.91. The van der Waals surface area contributed by atoms with E-state index in [1.165, 1.54) is 4.88 Å². The molecule has 2 aromatic heterocycles. The number of hydrogen-bond donors (Lipinski definition) is 1. The number of carbonyl (C=O) groups excluding carboxylic acids is 1. The topological polar surface area (TPSA) is 45.2 Å². The molecule has 114 valence electrons. The molecule has 0 radical (unpaired) electrons. The third-order valence-electron chi connectivity index (χ3n) is 3.26. The summed E-state index contributed by atoms with van der Waals surface area (Å²) in [6, 6.07) is 4.10. The standard InChI is InChI=1S/C15H21N3OS2/c1-4-13(14-16-11(2)10-21-14)17-15(19)18(3)8-7-12-6-5-9-20-12/h5-6,9-10,13H,4,7-8H2,1-3H3,(H,17,19)/t13-/m1/s1. The number of aryl methyl sites for hydroxylation is 1. The summed E-state index contributed by atoms with van der Waals surface area (Å²) in [7, 11) is 1.84. The van der Waals surface area contributed by atoms with Gasteiger partial charge in [0.1, 0.15) is 5.01 Å². The van der Waals surface area contributed by atoms with Crippen molar-refractivity contribution in [3.8, 4) is 0 Å². The van der Waals surface area contributed by atoms with Gasteiger partial charge in [0.25, 0.3) is 0 Å². The number of rotatable bonds is 6. The van der Waals surface area contributed by atoms with Gasteiger partial charge in [-0.2, -0.15) is 0 Å². The molecule has 2 aromatic rings. The van der Waals surface area contributed by atoms with Gasteiger partial charge in [0, 0.05) is 29.5 Å². The first-order chi connectivity index (χ1) is 10.1. The van der Waals surface area contributed by atoms with Crippen LogP contribution in [-0.4, -0.2) is 29.5 Å². The summed E-state index contributed by atoms with van der Waals surface area (Å²) in [5, 5.41) is 8.13. The zero-order chi connectivity index (χ0) is 15.2. The van der Waals surface area contributed by atoms with Crippen LogP contribution in [-0.2, 0) is 6.42 Å². The predicted molar refractivity (Wildman–Crippen MR) is 89.1 cm³/mol. The molecule has 0 unspecified atom stereocenters. The lowest BCUT2D eigenvalue weighted by Gasteiger charge is -2.21. The minimum Gasteiger partial charge on any atom is -0.329 e. The molecule has 2 heterocycles. The highest BCUT2D eigenvalue weighted by atomic mass is 32.1. The zero-order valence-electron chi connectivity index (χ0n) is 12.6. The number of aromatic nitrogens is 1. The molecule has 2 amide bonds. The van der Waals surface area contributed by atoms with E-state index in [4.69, 9.17) is 0 Å². The number of hydrogen-bond acceptors (Lipinski definition) is 4. The summed E-state index contributed by atoms with van der Waals surface area (Å²) >= 11 is 3.33. The maximum absolute atomic E-state index is 12.2. The van der Waals surface area contributed by atoms with E-state index in [1.54, 1.807) is 27.6 Å². The van der Waals surface area contributed by atoms with E-state index in [2.05, 4.69) is 28.7 Å². The van der Waals surface area contributed by atoms with Gasteiger partial charge in [-0.25, -0.2) is 9.78 Å². The van der Waals surface area contributed by atoms with Crippen LogP contribution in [0, 0.1) is 6.92 Å². The molecule has 0 bridgehead atoms. The van der Waals surface area contributed by atoms with E-state index in [0.717, 1.165) is 30.1 Å². The Balaban J connectivity index is 1.86. The van der Waals surface area contributed by atoms with Crippen molar-refractivity contribution in [2.24, 2.45) is 0 Å². The summed E-state index contributed by atoms with van der Waals surface area (Å²) in [4.78, 5) is 19.8. The number of thiophene rings is 1. The first-order valence-electron chi connectivity index (χ1n) is 7.06. The van der Waals surface area contributed by atoms with Crippen molar-refractivity contribution in [2.45, 2.75) is 32.7 Å². The lowest BCUT2D eigenvalue weighted by Crippen LogP contribution is -2.40. The largest absolute Gasteiger partial charge is 0.329 e. The van der Waals surface area contributed by atoms with Gasteiger partial charge in [-0.1, -0.05) is 13.0 Å². The summed E-state index contributed by atoms with van der Waals surface area (Å²) in [6.45, 7) is 4.76. The average Bonchev–Trinajstić information content (AvgIpc) is 3.13. The van der Waals surface area contributed by atoms with Crippen LogP contribution in [0.5, 0.6) is 0 Å².